The summed E-state index contributed by atoms with van der Waals surface area (Å²) in [6.07, 6.45) is 0. The van der Waals surface area contributed by atoms with E-state index >= 15 is 0 Å². The van der Waals surface area contributed by atoms with Gasteiger partial charge < -0.3 is 0 Å². The van der Waals surface area contributed by atoms with Gasteiger partial charge in [0.25, 0.3) is 0 Å². The first kappa shape index (κ1) is 44.4. The van der Waals surface area contributed by atoms with Gasteiger partial charge in [-0.15, -0.1) is 11.3 Å². The Kier molecular flexibility index (Phi) is 10.6. The molecular formula is C70H42N6S. The second kappa shape index (κ2) is 18.4. The second-order valence-corrected chi connectivity index (χ2v) is 20.3. The van der Waals surface area contributed by atoms with E-state index in [1.54, 1.807) is 0 Å². The van der Waals surface area contributed by atoms with E-state index in [1.807, 2.05) is 84.1 Å². The van der Waals surface area contributed by atoms with Gasteiger partial charge in [0, 0.05) is 59.1 Å². The van der Waals surface area contributed by atoms with Gasteiger partial charge in [0.05, 0.1) is 0 Å². The quantitative estimate of drug-likeness (QED) is 0.141. The normalized spacial score (nSPS) is 11.6. The van der Waals surface area contributed by atoms with Crippen molar-refractivity contribution >= 4 is 74.6 Å². The molecule has 15 aromatic rings. The monoisotopic (exact) mass is 998 g/mol. The van der Waals surface area contributed by atoms with Crippen LogP contribution in [0.1, 0.15) is 0 Å². The highest BCUT2D eigenvalue weighted by molar-refractivity contribution is 7.26. The molecule has 0 aliphatic rings. The number of nitrogens with zero attached hydrogens (tertiary/aromatic N) is 6. The molecule has 0 aliphatic carbocycles. The van der Waals surface area contributed by atoms with Gasteiger partial charge in [-0.05, 0) is 65.8 Å². The lowest BCUT2D eigenvalue weighted by Gasteiger charge is -2.18. The minimum Gasteiger partial charge on any atom is -0.208 e. The fourth-order valence-corrected chi connectivity index (χ4v) is 12.6. The molecule has 0 radical (unpaired) electrons. The van der Waals surface area contributed by atoms with E-state index in [0.717, 1.165) is 82.0 Å². The van der Waals surface area contributed by atoms with Gasteiger partial charge in [-0.25, -0.2) is 29.9 Å². The summed E-state index contributed by atoms with van der Waals surface area (Å²) >= 11 is 1.86. The lowest BCUT2D eigenvalue weighted by atomic mass is 9.87. The summed E-state index contributed by atoms with van der Waals surface area (Å²) in [7, 11) is 0. The predicted molar refractivity (Wildman–Crippen MR) is 320 cm³/mol. The van der Waals surface area contributed by atoms with Crippen molar-refractivity contribution in [2.24, 2.45) is 0 Å². The Morgan fingerprint density at radius 3 is 0.896 bits per heavy atom. The fourth-order valence-electron chi connectivity index (χ4n) is 11.3. The highest BCUT2D eigenvalue weighted by atomic mass is 32.1. The van der Waals surface area contributed by atoms with Crippen molar-refractivity contribution in [2.45, 2.75) is 0 Å². The summed E-state index contributed by atoms with van der Waals surface area (Å²) in [5.41, 5.74) is 10.4. The van der Waals surface area contributed by atoms with E-state index in [9.17, 15) is 0 Å². The van der Waals surface area contributed by atoms with Crippen molar-refractivity contribution in [1.29, 1.82) is 0 Å². The highest BCUT2D eigenvalue weighted by Gasteiger charge is 2.24. The molecule has 0 fully saturated rings. The molecule has 3 aromatic heterocycles. The van der Waals surface area contributed by atoms with Crippen LogP contribution in [0.25, 0.3) is 154 Å². The van der Waals surface area contributed by atoms with Crippen LogP contribution in [-0.2, 0) is 0 Å². The van der Waals surface area contributed by atoms with Crippen LogP contribution in [0.15, 0.2) is 255 Å². The van der Waals surface area contributed by atoms with E-state index in [1.165, 1.54) is 36.9 Å². The van der Waals surface area contributed by atoms with Crippen LogP contribution in [-0.4, -0.2) is 29.9 Å². The van der Waals surface area contributed by atoms with Gasteiger partial charge in [-0.2, -0.15) is 0 Å². The SMILES string of the molecule is c1ccc(-c2nc(-c3ccccc3)nc(-c3c4ccccc4c(-c4ccc5c(c4)sc4c(-c6c7ccccc7c(-c7nc(-c8ccccc8)nc(-c8ccccc8)n7)c7ccccc67)cccc45)c4ccccc34)n2)cc1. The molecule has 7 heteroatoms. The lowest BCUT2D eigenvalue weighted by Crippen LogP contribution is -2.01. The zero-order valence-corrected chi connectivity index (χ0v) is 42.2. The Morgan fingerprint density at radius 1 is 0.208 bits per heavy atom. The Morgan fingerprint density at radius 2 is 0.519 bits per heavy atom. The van der Waals surface area contributed by atoms with Gasteiger partial charge in [-0.3, -0.25) is 0 Å². The standard InChI is InChI=1S/C70H42N6S/c1-5-22-43(23-6-1)65-71-66(44-24-7-2-8-25-44)74-69(73-65)62-53-34-17-13-30-49(53)60(50-31-14-18-35-54(50)62)47-40-41-48-57-38-21-39-58(64(57)77-59(48)42-47)61-51-32-15-19-36-55(51)63(56-37-20-16-33-52(56)61)70-75-67(45-26-9-3-10-27-45)72-68(76-70)46-28-11-4-12-29-46/h1-42H. The minimum atomic E-state index is 0.635. The van der Waals surface area contributed by atoms with Crippen LogP contribution in [0, 0.1) is 0 Å². The van der Waals surface area contributed by atoms with E-state index in [0.29, 0.717) is 34.9 Å². The summed E-state index contributed by atoms with van der Waals surface area (Å²) in [5.74, 6) is 3.82. The number of hydrogen-bond donors (Lipinski definition) is 0. The average Bonchev–Trinajstić information content (AvgIpc) is 3.96. The molecule has 0 atom stereocenters. The number of hydrogen-bond acceptors (Lipinski definition) is 7. The van der Waals surface area contributed by atoms with Crippen LogP contribution in [0.4, 0.5) is 0 Å². The predicted octanol–water partition coefficient (Wildman–Crippen LogP) is 18.4. The minimum absolute atomic E-state index is 0.635. The number of fused-ring (bicyclic) bond motifs is 7. The second-order valence-electron chi connectivity index (χ2n) is 19.3. The molecular weight excluding hydrogens is 957 g/mol. The highest BCUT2D eigenvalue weighted by Crippen LogP contribution is 2.50. The molecule has 3 heterocycles. The van der Waals surface area contributed by atoms with Crippen molar-refractivity contribution in [2.75, 3.05) is 0 Å². The zero-order chi connectivity index (χ0) is 50.8. The molecule has 0 saturated carbocycles. The summed E-state index contributed by atoms with van der Waals surface area (Å²) in [4.78, 5) is 31.2. The molecule has 0 unspecified atom stereocenters. The molecule has 12 aromatic carbocycles. The van der Waals surface area contributed by atoms with Gasteiger partial charge in [0.2, 0.25) is 0 Å². The van der Waals surface area contributed by atoms with Crippen molar-refractivity contribution in [1.82, 2.24) is 29.9 Å². The third kappa shape index (κ3) is 7.55. The summed E-state index contributed by atoms with van der Waals surface area (Å²) in [5, 5.41) is 11.3. The van der Waals surface area contributed by atoms with E-state index in [2.05, 4.69) is 182 Å². The Balaban J connectivity index is 0.920. The van der Waals surface area contributed by atoms with Crippen LogP contribution < -0.4 is 0 Å². The van der Waals surface area contributed by atoms with Crippen LogP contribution in [0.3, 0.4) is 0 Å². The topological polar surface area (TPSA) is 77.3 Å². The van der Waals surface area contributed by atoms with Gasteiger partial charge in [0.1, 0.15) is 0 Å². The molecule has 0 amide bonds. The number of aromatic nitrogens is 6. The lowest BCUT2D eigenvalue weighted by molar-refractivity contribution is 1.08. The maximum Gasteiger partial charge on any atom is 0.165 e. The van der Waals surface area contributed by atoms with Gasteiger partial charge >= 0.3 is 0 Å². The number of rotatable bonds is 8. The zero-order valence-electron chi connectivity index (χ0n) is 41.3. The number of benzene rings is 12. The molecule has 358 valence electrons. The smallest absolute Gasteiger partial charge is 0.165 e. The van der Waals surface area contributed by atoms with Gasteiger partial charge in [0.15, 0.2) is 34.9 Å². The maximum atomic E-state index is 5.27. The van der Waals surface area contributed by atoms with Crippen molar-refractivity contribution in [3.05, 3.63) is 255 Å². The molecule has 77 heavy (non-hydrogen) atoms. The number of thiophene rings is 1. The van der Waals surface area contributed by atoms with E-state index < -0.39 is 0 Å². The first-order valence-corrected chi connectivity index (χ1v) is 26.6. The van der Waals surface area contributed by atoms with Crippen molar-refractivity contribution in [3.63, 3.8) is 0 Å². The summed E-state index contributed by atoms with van der Waals surface area (Å²) in [6, 6.07) is 89.5. The fraction of sp³-hybridized carbons (Fsp3) is 0. The van der Waals surface area contributed by atoms with Crippen LogP contribution >= 0.6 is 11.3 Å². The third-order valence-corrected chi connectivity index (χ3v) is 16.0. The molecule has 0 bridgehead atoms. The van der Waals surface area contributed by atoms with E-state index in [4.69, 9.17) is 29.9 Å². The van der Waals surface area contributed by atoms with Crippen molar-refractivity contribution in [3.8, 4) is 90.6 Å². The molecule has 0 aliphatic heterocycles. The molecule has 0 saturated heterocycles. The third-order valence-electron chi connectivity index (χ3n) is 14.8. The van der Waals surface area contributed by atoms with Crippen LogP contribution in [0.5, 0.6) is 0 Å². The molecule has 0 N–H and O–H groups in total. The Bertz CT molecular complexity index is 4560. The summed E-state index contributed by atoms with van der Waals surface area (Å²) < 4.78 is 2.46. The summed E-state index contributed by atoms with van der Waals surface area (Å²) in [6.45, 7) is 0. The Hall–Kier alpha value is -10.1. The maximum absolute atomic E-state index is 5.27. The van der Waals surface area contributed by atoms with E-state index in [-0.39, 0.29) is 0 Å². The molecule has 15 rings (SSSR count). The van der Waals surface area contributed by atoms with Gasteiger partial charge in [-0.1, -0.05) is 249 Å². The first-order chi connectivity index (χ1) is 38.2. The largest absolute Gasteiger partial charge is 0.208 e. The molecule has 6 nitrogen and oxygen atoms in total. The average molecular weight is 999 g/mol. The van der Waals surface area contributed by atoms with Crippen molar-refractivity contribution < 1.29 is 0 Å². The molecule has 0 spiro atoms. The van der Waals surface area contributed by atoms with Crippen LogP contribution in [0.2, 0.25) is 0 Å². The first-order valence-electron chi connectivity index (χ1n) is 25.8. The Labute approximate surface area is 447 Å².